The molecule has 0 saturated heterocycles. The lowest BCUT2D eigenvalue weighted by Crippen LogP contribution is -2.39. The molecule has 1 unspecified atom stereocenters. The highest BCUT2D eigenvalue weighted by molar-refractivity contribution is 7.99. The average molecular weight is 249 g/mol. The van der Waals surface area contributed by atoms with Crippen LogP contribution >= 0.6 is 11.8 Å². The fraction of sp³-hybridized carbons (Fsp3) is 0.909. The molecule has 1 N–H and O–H groups in total. The molecule has 0 amide bonds. The number of methoxy groups -OCH3 is 1. The molecule has 1 atom stereocenters. The normalized spacial score (nSPS) is 14.9. The van der Waals surface area contributed by atoms with Crippen LogP contribution in [0.4, 0.5) is 0 Å². The third-order valence-electron chi connectivity index (χ3n) is 2.45. The number of rotatable bonds is 8. The molecular weight excluding hydrogens is 226 g/mol. The summed E-state index contributed by atoms with van der Waals surface area (Å²) in [7, 11) is 1.29. The molecule has 0 fully saturated rings. The molecule has 5 heteroatoms. The second kappa shape index (κ2) is 7.92. The molecule has 0 saturated carbocycles. The number of nitrogens with zero attached hydrogens (tertiary/aromatic N) is 1. The monoisotopic (exact) mass is 249 g/mol. The van der Waals surface area contributed by atoms with E-state index in [4.69, 9.17) is 0 Å². The first-order valence-corrected chi connectivity index (χ1v) is 6.74. The third kappa shape index (κ3) is 5.72. The highest BCUT2D eigenvalue weighted by atomic mass is 32.2. The maximum Gasteiger partial charge on any atom is 0.338 e. The van der Waals surface area contributed by atoms with Crippen LogP contribution in [0.15, 0.2) is 0 Å². The van der Waals surface area contributed by atoms with Crippen molar-refractivity contribution < 1.29 is 14.6 Å². The summed E-state index contributed by atoms with van der Waals surface area (Å²) < 4.78 is 4.52. The fourth-order valence-electron chi connectivity index (χ4n) is 1.28. The van der Waals surface area contributed by atoms with E-state index in [1.165, 1.54) is 14.0 Å². The number of thioether (sulfide) groups is 1. The first-order chi connectivity index (χ1) is 7.47. The van der Waals surface area contributed by atoms with Gasteiger partial charge in [-0.15, -0.1) is 0 Å². The predicted octanol–water partition coefficient (Wildman–Crippen LogP) is 0.985. The lowest BCUT2D eigenvalue weighted by Gasteiger charge is -2.21. The molecule has 0 bridgehead atoms. The van der Waals surface area contributed by atoms with Crippen molar-refractivity contribution in [2.24, 2.45) is 0 Å². The number of hydrogen-bond donors (Lipinski definition) is 1. The number of carbonyl (C=O) groups excluding carboxylic acids is 1. The van der Waals surface area contributed by atoms with E-state index in [0.29, 0.717) is 5.75 Å². The van der Waals surface area contributed by atoms with Crippen molar-refractivity contribution >= 4 is 17.7 Å². The lowest BCUT2D eigenvalue weighted by molar-refractivity contribution is -0.158. The lowest BCUT2D eigenvalue weighted by atomic mass is 10.1. The quantitative estimate of drug-likeness (QED) is 0.513. The highest BCUT2D eigenvalue weighted by Gasteiger charge is 2.30. The van der Waals surface area contributed by atoms with Crippen LogP contribution < -0.4 is 0 Å². The van der Waals surface area contributed by atoms with Crippen molar-refractivity contribution in [3.63, 3.8) is 0 Å². The Labute approximate surface area is 102 Å². The molecule has 0 spiro atoms. The molecule has 4 nitrogen and oxygen atoms in total. The van der Waals surface area contributed by atoms with Gasteiger partial charge in [0, 0.05) is 18.1 Å². The summed E-state index contributed by atoms with van der Waals surface area (Å²) in [5.41, 5.74) is -1.37. The van der Waals surface area contributed by atoms with Crippen molar-refractivity contribution in [2.45, 2.75) is 26.4 Å². The fourth-order valence-corrected chi connectivity index (χ4v) is 2.33. The average Bonchev–Trinajstić information content (AvgIpc) is 2.28. The Morgan fingerprint density at radius 3 is 2.44 bits per heavy atom. The van der Waals surface area contributed by atoms with Crippen LogP contribution in [-0.2, 0) is 9.53 Å². The van der Waals surface area contributed by atoms with E-state index in [-0.39, 0.29) is 0 Å². The smallest absolute Gasteiger partial charge is 0.338 e. The summed E-state index contributed by atoms with van der Waals surface area (Å²) in [5.74, 6) is 0.721. The number of esters is 1. The minimum Gasteiger partial charge on any atom is -0.467 e. The zero-order valence-electron chi connectivity index (χ0n) is 10.7. The maximum absolute atomic E-state index is 11.2. The van der Waals surface area contributed by atoms with E-state index >= 15 is 0 Å². The predicted molar refractivity (Wildman–Crippen MR) is 67.8 cm³/mol. The van der Waals surface area contributed by atoms with Crippen LogP contribution in [0.3, 0.4) is 0 Å². The van der Waals surface area contributed by atoms with Crippen LogP contribution in [0.25, 0.3) is 0 Å². The maximum atomic E-state index is 11.2. The number of aliphatic hydroxyl groups is 1. The summed E-state index contributed by atoms with van der Waals surface area (Å²) in [4.78, 5) is 13.5. The van der Waals surface area contributed by atoms with Crippen LogP contribution in [0, 0.1) is 0 Å². The standard InChI is InChI=1S/C11H23NO3S/c1-5-12(6-2)7-8-16-9-11(3,14)10(13)15-4/h14H,5-9H2,1-4H3. The van der Waals surface area contributed by atoms with Crippen molar-refractivity contribution in [1.82, 2.24) is 4.90 Å². The van der Waals surface area contributed by atoms with Crippen LogP contribution in [0.2, 0.25) is 0 Å². The van der Waals surface area contributed by atoms with Gasteiger partial charge in [-0.1, -0.05) is 13.8 Å². The van der Waals surface area contributed by atoms with Gasteiger partial charge in [0.15, 0.2) is 5.60 Å². The zero-order valence-corrected chi connectivity index (χ0v) is 11.5. The van der Waals surface area contributed by atoms with Gasteiger partial charge < -0.3 is 14.7 Å². The van der Waals surface area contributed by atoms with Crippen molar-refractivity contribution in [3.8, 4) is 0 Å². The van der Waals surface area contributed by atoms with Gasteiger partial charge in [-0.05, 0) is 20.0 Å². The van der Waals surface area contributed by atoms with Crippen LogP contribution in [-0.4, -0.2) is 59.8 Å². The van der Waals surface area contributed by atoms with Gasteiger partial charge in [0.2, 0.25) is 0 Å². The van der Waals surface area contributed by atoms with Crippen molar-refractivity contribution in [3.05, 3.63) is 0 Å². The Morgan fingerprint density at radius 1 is 1.44 bits per heavy atom. The molecule has 0 aliphatic rings. The van der Waals surface area contributed by atoms with Gasteiger partial charge in [-0.2, -0.15) is 11.8 Å². The Bertz CT molecular complexity index is 205. The molecular formula is C11H23NO3S. The first-order valence-electron chi connectivity index (χ1n) is 5.58. The molecule has 0 aliphatic carbocycles. The molecule has 0 aromatic rings. The second-order valence-corrected chi connectivity index (χ2v) is 4.95. The summed E-state index contributed by atoms with van der Waals surface area (Å²) in [6.45, 7) is 8.78. The molecule has 0 radical (unpaired) electrons. The van der Waals surface area contributed by atoms with Crippen molar-refractivity contribution in [2.75, 3.05) is 38.2 Å². The molecule has 0 aromatic carbocycles. The van der Waals surface area contributed by atoms with Gasteiger partial charge >= 0.3 is 5.97 Å². The van der Waals surface area contributed by atoms with E-state index in [1.807, 2.05) is 0 Å². The van der Waals surface area contributed by atoms with Gasteiger partial charge in [-0.25, -0.2) is 4.79 Å². The molecule has 96 valence electrons. The summed E-state index contributed by atoms with van der Waals surface area (Å²) in [5, 5.41) is 9.75. The van der Waals surface area contributed by atoms with E-state index in [2.05, 4.69) is 23.5 Å². The Hall–Kier alpha value is -0.260. The Morgan fingerprint density at radius 2 is 2.00 bits per heavy atom. The zero-order chi connectivity index (χ0) is 12.6. The SMILES string of the molecule is CCN(CC)CCSCC(C)(O)C(=O)OC. The van der Waals surface area contributed by atoms with E-state index in [0.717, 1.165) is 25.4 Å². The van der Waals surface area contributed by atoms with Gasteiger partial charge in [0.05, 0.1) is 7.11 Å². The summed E-state index contributed by atoms with van der Waals surface area (Å²) in [6.07, 6.45) is 0. The molecule has 16 heavy (non-hydrogen) atoms. The van der Waals surface area contributed by atoms with E-state index in [1.54, 1.807) is 11.8 Å². The highest BCUT2D eigenvalue weighted by Crippen LogP contribution is 2.14. The molecule has 0 aliphatic heterocycles. The van der Waals surface area contributed by atoms with Crippen LogP contribution in [0.1, 0.15) is 20.8 Å². The molecule has 0 heterocycles. The summed E-state index contributed by atoms with van der Waals surface area (Å²) >= 11 is 1.57. The number of ether oxygens (including phenoxy) is 1. The topological polar surface area (TPSA) is 49.8 Å². The summed E-state index contributed by atoms with van der Waals surface area (Å²) in [6, 6.07) is 0. The minimum atomic E-state index is -1.37. The van der Waals surface area contributed by atoms with Gasteiger partial charge in [0.1, 0.15) is 0 Å². The molecule has 0 rings (SSSR count). The largest absolute Gasteiger partial charge is 0.467 e. The first kappa shape index (κ1) is 15.7. The van der Waals surface area contributed by atoms with Gasteiger partial charge in [0.25, 0.3) is 0 Å². The second-order valence-electron chi connectivity index (χ2n) is 3.84. The van der Waals surface area contributed by atoms with E-state index in [9.17, 15) is 9.90 Å². The Kier molecular flexibility index (Phi) is 7.80. The van der Waals surface area contributed by atoms with Crippen molar-refractivity contribution in [1.29, 1.82) is 0 Å². The number of hydrogen-bond acceptors (Lipinski definition) is 5. The van der Waals surface area contributed by atoms with Gasteiger partial charge in [-0.3, -0.25) is 0 Å². The minimum absolute atomic E-state index is 0.376. The van der Waals surface area contributed by atoms with Crippen LogP contribution in [0.5, 0.6) is 0 Å². The molecule has 0 aromatic heterocycles. The third-order valence-corrected chi connectivity index (χ3v) is 3.69. The Balaban J connectivity index is 3.77. The van der Waals surface area contributed by atoms with E-state index < -0.39 is 11.6 Å². The number of carbonyl (C=O) groups is 1.